The van der Waals surface area contributed by atoms with Crippen molar-refractivity contribution < 1.29 is 119 Å². The van der Waals surface area contributed by atoms with Gasteiger partial charge in [-0.3, -0.25) is 0 Å². The van der Waals surface area contributed by atoms with Gasteiger partial charge in [-0.2, -0.15) is 0 Å². The zero-order valence-electron chi connectivity index (χ0n) is 48.4. The number of ether oxygens (including phenoxy) is 8. The molecule has 0 aromatic heterocycles. The summed E-state index contributed by atoms with van der Waals surface area (Å²) in [6.07, 6.45) is -29.2. The van der Waals surface area contributed by atoms with Crippen LogP contribution in [0.1, 0.15) is 101 Å². The highest BCUT2D eigenvalue weighted by Gasteiger charge is 2.77. The average Bonchev–Trinajstić information content (AvgIpc) is 1.39. The molecule has 24 heteroatoms. The van der Waals surface area contributed by atoms with E-state index in [-0.39, 0.29) is 29.9 Å². The topological polar surface area (TPSA) is 388 Å². The Hall–Kier alpha value is -4.13. The number of carbonyl (C=O) groups excluding carboxylic acids is 2. The molecule has 3 aliphatic heterocycles. The summed E-state index contributed by atoms with van der Waals surface area (Å²) < 4.78 is 49.2. The molecule has 472 valence electrons. The molecule has 5 aliphatic carbocycles. The normalized spacial score (nSPS) is 47.4. The van der Waals surface area contributed by atoms with Gasteiger partial charge in [0, 0.05) is 16.2 Å². The molecule has 2 aromatic carbocycles. The van der Waals surface area contributed by atoms with Gasteiger partial charge in [-0.05, 0) is 91.4 Å². The van der Waals surface area contributed by atoms with E-state index in [9.17, 15) is 80.8 Å². The number of fused-ring (bicyclic) bond motifs is 7. The molecule has 3 heterocycles. The Kier molecular flexibility index (Phi) is 17.8. The van der Waals surface area contributed by atoms with Gasteiger partial charge in [0.2, 0.25) is 0 Å². The van der Waals surface area contributed by atoms with Crippen LogP contribution in [-0.4, -0.2) is 227 Å². The molecule has 10 rings (SSSR count). The lowest BCUT2D eigenvalue weighted by molar-refractivity contribution is -0.387. The fraction of sp³-hybridized carbons (Fsp3) is 0.721. The molecule has 24 nitrogen and oxygen atoms in total. The summed E-state index contributed by atoms with van der Waals surface area (Å²) >= 11 is 0. The van der Waals surface area contributed by atoms with Gasteiger partial charge in [-0.25, -0.2) is 14.4 Å². The number of hydrogen-bond acceptors (Lipinski definition) is 23. The number of aliphatic hydroxyl groups is 12. The fourth-order valence-corrected chi connectivity index (χ4v) is 17.1. The summed E-state index contributed by atoms with van der Waals surface area (Å²) in [6, 6.07) is 16.5. The van der Waals surface area contributed by atoms with E-state index >= 15 is 0 Å². The van der Waals surface area contributed by atoms with E-state index in [1.54, 1.807) is 60.7 Å². The van der Waals surface area contributed by atoms with Crippen molar-refractivity contribution in [2.75, 3.05) is 26.4 Å². The predicted molar refractivity (Wildman–Crippen MR) is 291 cm³/mol. The number of allylic oxidation sites excluding steroid dienone is 1. The molecule has 8 aliphatic rings. The van der Waals surface area contributed by atoms with E-state index in [0.717, 1.165) is 5.57 Å². The molecular formula is C61H84O24. The van der Waals surface area contributed by atoms with E-state index in [2.05, 4.69) is 19.9 Å². The molecule has 85 heavy (non-hydrogen) atoms. The number of benzene rings is 2. The number of hydrogen-bond donors (Lipinski definition) is 13. The number of carboxylic acids is 1. The number of rotatable bonds is 15. The van der Waals surface area contributed by atoms with Crippen molar-refractivity contribution in [3.8, 4) is 0 Å². The Morgan fingerprint density at radius 2 is 1.12 bits per heavy atom. The van der Waals surface area contributed by atoms with E-state index in [0.29, 0.717) is 25.7 Å². The zero-order valence-corrected chi connectivity index (χ0v) is 48.4. The maximum Gasteiger partial charge on any atom is 0.338 e. The molecule has 27 atom stereocenters. The summed E-state index contributed by atoms with van der Waals surface area (Å²) in [4.78, 5) is 41.3. The monoisotopic (exact) mass is 1200 g/mol. The summed E-state index contributed by atoms with van der Waals surface area (Å²) in [6.45, 7) is 8.82. The van der Waals surface area contributed by atoms with Crippen molar-refractivity contribution in [1.82, 2.24) is 0 Å². The average molecular weight is 1200 g/mol. The maximum atomic E-state index is 14.3. The minimum absolute atomic E-state index is 0.157. The van der Waals surface area contributed by atoms with Crippen LogP contribution in [0.4, 0.5) is 0 Å². The van der Waals surface area contributed by atoms with Crippen LogP contribution in [0.2, 0.25) is 0 Å². The highest BCUT2D eigenvalue weighted by molar-refractivity contribution is 5.90. The first kappa shape index (κ1) is 63.9. The maximum absolute atomic E-state index is 14.3. The lowest BCUT2D eigenvalue weighted by atomic mass is 9.32. The number of aliphatic carboxylic acids is 1. The Balaban J connectivity index is 0.989. The molecular weight excluding hydrogens is 1120 g/mol. The van der Waals surface area contributed by atoms with E-state index in [1.165, 1.54) is 0 Å². The first-order valence-corrected chi connectivity index (χ1v) is 29.4. The van der Waals surface area contributed by atoms with Crippen LogP contribution in [0.25, 0.3) is 0 Å². The molecule has 7 fully saturated rings. The minimum Gasteiger partial charge on any atom is -0.479 e. The van der Waals surface area contributed by atoms with Crippen LogP contribution in [0.15, 0.2) is 72.3 Å². The number of carbonyl (C=O) groups is 3. The lowest BCUT2D eigenvalue weighted by Gasteiger charge is -2.73. The van der Waals surface area contributed by atoms with Crippen molar-refractivity contribution in [1.29, 1.82) is 0 Å². The lowest BCUT2D eigenvalue weighted by Crippen LogP contribution is -2.76. The first-order chi connectivity index (χ1) is 40.1. The van der Waals surface area contributed by atoms with Crippen LogP contribution < -0.4 is 0 Å². The van der Waals surface area contributed by atoms with Crippen LogP contribution in [0.3, 0.4) is 0 Å². The molecule has 2 aromatic rings. The van der Waals surface area contributed by atoms with Crippen LogP contribution in [0, 0.1) is 50.2 Å². The smallest absolute Gasteiger partial charge is 0.338 e. The molecule has 0 unspecified atom stereocenters. The van der Waals surface area contributed by atoms with Gasteiger partial charge in [0.05, 0.1) is 61.3 Å². The molecule has 3 saturated heterocycles. The van der Waals surface area contributed by atoms with Crippen LogP contribution in [0.5, 0.6) is 0 Å². The SMILES string of the molecule is CC1(C)C[C@H]2C3=CC[C@@H]4[C@@]5(C)CC[C@H](O[C@@H]6O[C@H](C(=O)O)[C@@H](O)[C@H](O[C@@H]7O[C@@H](CO)[C@H](O)[C@H]7O)[C@H]6O[C@@H]6O[C@H](CO)[C@@H](O)[C@H](O)[C@H]6O)[C@](C)(CO)[C@@H]5CC[C@@]4(C)[C@]3(C)[C@@H](O)[C@@H](O)[C@@]2(CO)[C@@H](OC(=O)c2ccccc2)[C@@H]1OC(=O)c1ccccc1. The van der Waals surface area contributed by atoms with Gasteiger partial charge < -0.3 is 104 Å². The molecule has 4 saturated carbocycles. The molecule has 13 N–H and O–H groups in total. The number of aliphatic hydroxyl groups excluding tert-OH is 12. The van der Waals surface area contributed by atoms with E-state index in [1.807, 2.05) is 27.7 Å². The summed E-state index contributed by atoms with van der Waals surface area (Å²) in [7, 11) is 0. The number of esters is 2. The third-order valence-corrected chi connectivity index (χ3v) is 22.0. The highest BCUT2D eigenvalue weighted by atomic mass is 16.8. The Bertz CT molecular complexity index is 2750. The predicted octanol–water partition coefficient (Wildman–Crippen LogP) is -0.0697. The van der Waals surface area contributed by atoms with Gasteiger partial charge in [0.25, 0.3) is 0 Å². The summed E-state index contributed by atoms with van der Waals surface area (Å²) in [5.41, 5.74) is -5.56. The van der Waals surface area contributed by atoms with Crippen molar-refractivity contribution in [3.05, 3.63) is 83.4 Å². The quantitative estimate of drug-likeness (QED) is 0.0631. The highest BCUT2D eigenvalue weighted by Crippen LogP contribution is 2.76. The second-order valence-corrected chi connectivity index (χ2v) is 26.6. The zero-order chi connectivity index (χ0) is 61.7. The molecule has 0 radical (unpaired) electrons. The summed E-state index contributed by atoms with van der Waals surface area (Å²) in [5, 5.41) is 147. The van der Waals surface area contributed by atoms with E-state index < -0.39 is 205 Å². The van der Waals surface area contributed by atoms with Crippen molar-refractivity contribution >= 4 is 17.9 Å². The first-order valence-electron chi connectivity index (χ1n) is 29.4. The van der Waals surface area contributed by atoms with Gasteiger partial charge in [0.15, 0.2) is 31.1 Å². The van der Waals surface area contributed by atoms with Crippen molar-refractivity contribution in [3.63, 3.8) is 0 Å². The summed E-state index contributed by atoms with van der Waals surface area (Å²) in [5.74, 6) is -4.63. The van der Waals surface area contributed by atoms with E-state index in [4.69, 9.17) is 37.9 Å². The Labute approximate surface area is 491 Å². The van der Waals surface area contributed by atoms with Gasteiger partial charge in [-0.15, -0.1) is 0 Å². The second-order valence-electron chi connectivity index (χ2n) is 26.6. The van der Waals surface area contributed by atoms with Gasteiger partial charge >= 0.3 is 17.9 Å². The largest absolute Gasteiger partial charge is 0.479 e. The minimum atomic E-state index is -2.18. The fourth-order valence-electron chi connectivity index (χ4n) is 17.1. The third-order valence-electron chi connectivity index (χ3n) is 22.0. The molecule has 0 bridgehead atoms. The van der Waals surface area contributed by atoms with Crippen LogP contribution in [-0.2, 0) is 42.7 Å². The van der Waals surface area contributed by atoms with Crippen molar-refractivity contribution in [2.24, 2.45) is 50.2 Å². The third kappa shape index (κ3) is 10.1. The van der Waals surface area contributed by atoms with Crippen LogP contribution >= 0.6 is 0 Å². The Morgan fingerprint density at radius 1 is 0.576 bits per heavy atom. The number of carboxylic acid groups (broad SMARTS) is 1. The standard InChI is InChI=1S/C61H84O24/c1-56(2)23-31-30-17-18-35-57(3)21-20-36(80-55-45(83-54-41(70)39(68)37(66)32(24-62)78-54)43(42(71)44(82-55)50(74)75)81-53-40(69)38(67)33(25-63)79-53)58(4,26-64)34(57)19-22-59(35,5)60(30,6)46(72)47(73)61(31,27-65)49(85-52(77)29-15-11-8-12-16-29)48(56)84-51(76)28-13-9-7-10-14-28/h7-17,31-49,53-55,62-73H,18-27H2,1-6H3,(H,74,75)/t31-,32+,33-,34+,35+,36-,37+,38-,39-,40+,41+,42-,43-,44-,45+,46-,47+,48-,49-,53-,54-,55+,57-,58+,59+,60-,61-/m0/s1. The molecule has 0 spiro atoms. The molecule has 0 amide bonds. The second kappa shape index (κ2) is 23.7. The Morgan fingerprint density at radius 3 is 1.66 bits per heavy atom. The van der Waals surface area contributed by atoms with Crippen molar-refractivity contribution in [2.45, 2.75) is 197 Å². The van der Waals surface area contributed by atoms with Gasteiger partial charge in [0.1, 0.15) is 67.1 Å². The van der Waals surface area contributed by atoms with Gasteiger partial charge in [-0.1, -0.05) is 89.6 Å².